The van der Waals surface area contributed by atoms with Crippen LogP contribution in [0.5, 0.6) is 0 Å². The summed E-state index contributed by atoms with van der Waals surface area (Å²) in [6.45, 7) is 9.48. The molecule has 138 valence electrons. The SMILES string of the molecule is CCNC(=NCC1(O)CCSC1)N1CCN(c2cccc(C)c2)CC1. The lowest BCUT2D eigenvalue weighted by molar-refractivity contribution is 0.0775. The zero-order valence-electron chi connectivity index (χ0n) is 15.4. The molecule has 2 saturated heterocycles. The van der Waals surface area contributed by atoms with Crippen LogP contribution in [0.15, 0.2) is 29.3 Å². The van der Waals surface area contributed by atoms with Crippen LogP contribution in [0.1, 0.15) is 18.9 Å². The van der Waals surface area contributed by atoms with E-state index in [0.717, 1.165) is 56.6 Å². The third-order valence-electron chi connectivity index (χ3n) is 4.89. The summed E-state index contributed by atoms with van der Waals surface area (Å²) in [7, 11) is 0. The van der Waals surface area contributed by atoms with E-state index in [9.17, 15) is 5.11 Å². The van der Waals surface area contributed by atoms with E-state index in [1.165, 1.54) is 11.3 Å². The highest BCUT2D eigenvalue weighted by Gasteiger charge is 2.32. The van der Waals surface area contributed by atoms with Gasteiger partial charge in [0, 0.05) is 44.2 Å². The molecule has 1 aromatic carbocycles. The van der Waals surface area contributed by atoms with Gasteiger partial charge in [-0.15, -0.1) is 0 Å². The third-order valence-corrected chi connectivity index (χ3v) is 6.12. The molecule has 6 heteroatoms. The fourth-order valence-electron chi connectivity index (χ4n) is 3.37. The number of anilines is 1. The largest absolute Gasteiger partial charge is 0.387 e. The minimum Gasteiger partial charge on any atom is -0.387 e. The molecule has 25 heavy (non-hydrogen) atoms. The molecule has 2 aliphatic heterocycles. The molecule has 0 radical (unpaired) electrons. The Kier molecular flexibility index (Phi) is 6.12. The van der Waals surface area contributed by atoms with E-state index >= 15 is 0 Å². The summed E-state index contributed by atoms with van der Waals surface area (Å²) in [5.74, 6) is 2.78. The molecule has 5 nitrogen and oxygen atoms in total. The van der Waals surface area contributed by atoms with Gasteiger partial charge in [-0.2, -0.15) is 11.8 Å². The minimum absolute atomic E-state index is 0.500. The van der Waals surface area contributed by atoms with Crippen molar-refractivity contribution in [3.8, 4) is 0 Å². The number of aliphatic imine (C=N–C) groups is 1. The quantitative estimate of drug-likeness (QED) is 0.633. The van der Waals surface area contributed by atoms with Crippen molar-refractivity contribution in [2.75, 3.05) is 55.7 Å². The van der Waals surface area contributed by atoms with Crippen LogP contribution in [0, 0.1) is 6.92 Å². The molecule has 0 aliphatic carbocycles. The van der Waals surface area contributed by atoms with Gasteiger partial charge in [0.2, 0.25) is 0 Å². The zero-order chi connectivity index (χ0) is 17.7. The number of aliphatic hydroxyl groups is 1. The van der Waals surface area contributed by atoms with E-state index in [1.54, 1.807) is 0 Å². The second-order valence-electron chi connectivity index (χ2n) is 7.01. The van der Waals surface area contributed by atoms with Gasteiger partial charge in [-0.25, -0.2) is 0 Å². The Labute approximate surface area is 155 Å². The lowest BCUT2D eigenvalue weighted by Gasteiger charge is -2.38. The average Bonchev–Trinajstić information content (AvgIpc) is 3.06. The normalized spacial score (nSPS) is 24.7. The van der Waals surface area contributed by atoms with E-state index in [2.05, 4.69) is 53.2 Å². The molecule has 1 unspecified atom stereocenters. The molecule has 0 spiro atoms. The Hall–Kier alpha value is -1.40. The van der Waals surface area contributed by atoms with Gasteiger partial charge >= 0.3 is 0 Å². The monoisotopic (exact) mass is 362 g/mol. The summed E-state index contributed by atoms with van der Waals surface area (Å²) in [6.07, 6.45) is 0.849. The number of thioether (sulfide) groups is 1. The number of hydrogen-bond donors (Lipinski definition) is 2. The Morgan fingerprint density at radius 1 is 1.32 bits per heavy atom. The van der Waals surface area contributed by atoms with Gasteiger partial charge < -0.3 is 20.2 Å². The van der Waals surface area contributed by atoms with Crippen molar-refractivity contribution in [3.63, 3.8) is 0 Å². The zero-order valence-corrected chi connectivity index (χ0v) is 16.2. The van der Waals surface area contributed by atoms with E-state index in [0.29, 0.717) is 6.54 Å². The second kappa shape index (κ2) is 8.32. The molecule has 3 rings (SSSR count). The first-order chi connectivity index (χ1) is 12.1. The predicted molar refractivity (Wildman–Crippen MR) is 108 cm³/mol. The Balaban J connectivity index is 1.60. The highest BCUT2D eigenvalue weighted by molar-refractivity contribution is 7.99. The van der Waals surface area contributed by atoms with Crippen LogP contribution in [0.3, 0.4) is 0 Å². The van der Waals surface area contributed by atoms with Crippen molar-refractivity contribution in [3.05, 3.63) is 29.8 Å². The van der Waals surface area contributed by atoms with Gasteiger partial charge in [0.1, 0.15) is 0 Å². The number of aryl methyl sites for hydroxylation is 1. The number of benzene rings is 1. The maximum absolute atomic E-state index is 10.5. The van der Waals surface area contributed by atoms with Gasteiger partial charge in [0.05, 0.1) is 12.1 Å². The molecule has 0 saturated carbocycles. The van der Waals surface area contributed by atoms with Crippen LogP contribution in [-0.4, -0.2) is 72.3 Å². The van der Waals surface area contributed by atoms with Gasteiger partial charge in [-0.05, 0) is 43.7 Å². The third kappa shape index (κ3) is 4.82. The Morgan fingerprint density at radius 2 is 2.12 bits per heavy atom. The summed E-state index contributed by atoms with van der Waals surface area (Å²) >= 11 is 1.82. The summed E-state index contributed by atoms with van der Waals surface area (Å²) < 4.78 is 0. The molecular weight excluding hydrogens is 332 g/mol. The van der Waals surface area contributed by atoms with E-state index in [1.807, 2.05) is 11.8 Å². The summed E-state index contributed by atoms with van der Waals surface area (Å²) in [4.78, 5) is 9.51. The number of hydrogen-bond acceptors (Lipinski definition) is 4. The summed E-state index contributed by atoms with van der Waals surface area (Å²) in [6, 6.07) is 8.71. The molecule has 1 aromatic rings. The van der Waals surface area contributed by atoms with Gasteiger partial charge in [0.25, 0.3) is 0 Å². The molecule has 0 aromatic heterocycles. The minimum atomic E-state index is -0.616. The van der Waals surface area contributed by atoms with E-state index < -0.39 is 5.60 Å². The van der Waals surface area contributed by atoms with E-state index in [-0.39, 0.29) is 0 Å². The van der Waals surface area contributed by atoms with Crippen LogP contribution in [0.25, 0.3) is 0 Å². The Bertz CT molecular complexity index is 593. The molecule has 2 N–H and O–H groups in total. The number of piperazine rings is 1. The van der Waals surface area contributed by atoms with Crippen molar-refractivity contribution in [1.82, 2.24) is 10.2 Å². The number of guanidine groups is 1. The maximum Gasteiger partial charge on any atom is 0.194 e. The fraction of sp³-hybridized carbons (Fsp3) is 0.632. The first kappa shape index (κ1) is 18.4. The fourth-order valence-corrected chi connectivity index (χ4v) is 4.65. The molecule has 1 atom stereocenters. The maximum atomic E-state index is 10.5. The predicted octanol–water partition coefficient (Wildman–Crippen LogP) is 1.95. The van der Waals surface area contributed by atoms with E-state index in [4.69, 9.17) is 4.99 Å². The smallest absolute Gasteiger partial charge is 0.194 e. The van der Waals surface area contributed by atoms with Crippen molar-refractivity contribution >= 4 is 23.4 Å². The first-order valence-electron chi connectivity index (χ1n) is 9.25. The summed E-state index contributed by atoms with van der Waals surface area (Å²) in [5, 5.41) is 13.9. The topological polar surface area (TPSA) is 51.1 Å². The first-order valence-corrected chi connectivity index (χ1v) is 10.4. The van der Waals surface area contributed by atoms with Gasteiger partial charge in [-0.1, -0.05) is 12.1 Å². The van der Waals surface area contributed by atoms with Crippen LogP contribution < -0.4 is 10.2 Å². The number of nitrogens with zero attached hydrogens (tertiary/aromatic N) is 3. The van der Waals surface area contributed by atoms with Crippen LogP contribution in [0.2, 0.25) is 0 Å². The molecule has 0 bridgehead atoms. The molecule has 2 fully saturated rings. The lowest BCUT2D eigenvalue weighted by Crippen LogP contribution is -2.53. The highest BCUT2D eigenvalue weighted by Crippen LogP contribution is 2.28. The number of rotatable bonds is 4. The molecule has 2 heterocycles. The Morgan fingerprint density at radius 3 is 2.76 bits per heavy atom. The average molecular weight is 363 g/mol. The van der Waals surface area contributed by atoms with Gasteiger partial charge in [-0.3, -0.25) is 4.99 Å². The standard InChI is InChI=1S/C19H30N4OS/c1-3-20-18(21-14-19(24)7-12-25-15-19)23-10-8-22(9-11-23)17-6-4-5-16(2)13-17/h4-6,13,24H,3,7-12,14-15H2,1-2H3,(H,20,21). The van der Waals surface area contributed by atoms with Crippen molar-refractivity contribution < 1.29 is 5.11 Å². The second-order valence-corrected chi connectivity index (χ2v) is 8.12. The lowest BCUT2D eigenvalue weighted by atomic mass is 10.0. The van der Waals surface area contributed by atoms with Crippen molar-refractivity contribution in [1.29, 1.82) is 0 Å². The highest BCUT2D eigenvalue weighted by atomic mass is 32.2. The van der Waals surface area contributed by atoms with Crippen LogP contribution in [0.4, 0.5) is 5.69 Å². The molecular formula is C19H30N4OS. The molecule has 0 amide bonds. The van der Waals surface area contributed by atoms with Crippen molar-refractivity contribution in [2.24, 2.45) is 4.99 Å². The summed E-state index contributed by atoms with van der Waals surface area (Å²) in [5.41, 5.74) is 1.99. The van der Waals surface area contributed by atoms with Crippen LogP contribution in [-0.2, 0) is 0 Å². The number of nitrogens with one attached hydrogen (secondary N) is 1. The molecule has 2 aliphatic rings. The van der Waals surface area contributed by atoms with Gasteiger partial charge in [0.15, 0.2) is 5.96 Å². The van der Waals surface area contributed by atoms with Crippen molar-refractivity contribution in [2.45, 2.75) is 25.9 Å². The van der Waals surface area contributed by atoms with Crippen LogP contribution >= 0.6 is 11.8 Å².